The highest BCUT2D eigenvalue weighted by molar-refractivity contribution is 8.13. The monoisotopic (exact) mass is 322 g/mol. The van der Waals surface area contributed by atoms with Crippen LogP contribution in [0.3, 0.4) is 0 Å². The summed E-state index contributed by atoms with van der Waals surface area (Å²) in [6, 6.07) is 17.7. The van der Waals surface area contributed by atoms with Crippen molar-refractivity contribution < 1.29 is 0 Å². The molecule has 0 aromatic heterocycles. The van der Waals surface area contributed by atoms with E-state index in [1.54, 1.807) is 12.3 Å². The molecule has 0 fully saturated rings. The van der Waals surface area contributed by atoms with Crippen LogP contribution < -0.4 is 5.73 Å². The zero-order valence-electron chi connectivity index (χ0n) is 12.9. The number of hydrogen-bond acceptors (Lipinski definition) is 4. The highest BCUT2D eigenvalue weighted by Crippen LogP contribution is 2.13. The van der Waals surface area contributed by atoms with Gasteiger partial charge in [0.25, 0.3) is 0 Å². The Hall–Kier alpha value is -2.58. The molecule has 0 heterocycles. The van der Waals surface area contributed by atoms with Gasteiger partial charge < -0.3 is 5.73 Å². The first-order valence-corrected chi connectivity index (χ1v) is 8.27. The third-order valence-corrected chi connectivity index (χ3v) is 4.09. The maximum Gasteiger partial charge on any atom is 0.180 e. The van der Waals surface area contributed by atoms with Gasteiger partial charge in [-0.1, -0.05) is 55.1 Å². The molecular weight excluding hydrogens is 304 g/mol. The lowest BCUT2D eigenvalue weighted by Crippen LogP contribution is -2.06. The fourth-order valence-corrected chi connectivity index (χ4v) is 2.63. The fourth-order valence-electron chi connectivity index (χ4n) is 2.02. The van der Waals surface area contributed by atoms with Crippen molar-refractivity contribution >= 4 is 23.1 Å². The van der Waals surface area contributed by atoms with Gasteiger partial charge >= 0.3 is 0 Å². The minimum absolute atomic E-state index is 0.428. The molecule has 23 heavy (non-hydrogen) atoms. The van der Waals surface area contributed by atoms with Crippen LogP contribution in [0.1, 0.15) is 29.2 Å². The molecule has 2 N–H and O–H groups in total. The van der Waals surface area contributed by atoms with E-state index < -0.39 is 0 Å². The number of rotatable bonds is 5. The molecule has 0 radical (unpaired) electrons. The molecule has 2 aromatic carbocycles. The highest BCUT2D eigenvalue weighted by atomic mass is 32.2. The van der Waals surface area contributed by atoms with Crippen LogP contribution in [-0.2, 0) is 12.2 Å². The number of nitrogens with zero attached hydrogens (tertiary/aromatic N) is 3. The number of nitrogens with two attached hydrogens (primary N) is 1. The predicted octanol–water partition coefficient (Wildman–Crippen LogP) is 3.70. The maximum atomic E-state index is 8.93. The van der Waals surface area contributed by atoms with E-state index in [9.17, 15) is 0 Å². The molecule has 0 aliphatic carbocycles. The first-order valence-electron chi connectivity index (χ1n) is 7.29. The summed E-state index contributed by atoms with van der Waals surface area (Å²) in [4.78, 5) is 0. The molecule has 0 aliphatic heterocycles. The summed E-state index contributed by atoms with van der Waals surface area (Å²) in [5.41, 5.74) is 9.73. The van der Waals surface area contributed by atoms with E-state index in [4.69, 9.17) is 11.0 Å². The Bertz CT molecular complexity index is 745. The number of nitriles is 1. The Morgan fingerprint density at radius 3 is 2.74 bits per heavy atom. The first kappa shape index (κ1) is 16.8. The number of amidine groups is 1. The van der Waals surface area contributed by atoms with Crippen molar-refractivity contribution in [2.24, 2.45) is 15.9 Å². The molecular formula is C18H18N4S. The van der Waals surface area contributed by atoms with Crippen molar-refractivity contribution in [2.75, 3.05) is 0 Å². The van der Waals surface area contributed by atoms with Crippen LogP contribution in [0.2, 0.25) is 0 Å². The van der Waals surface area contributed by atoms with E-state index in [2.05, 4.69) is 16.3 Å². The van der Waals surface area contributed by atoms with Gasteiger partial charge in [-0.3, -0.25) is 0 Å². The summed E-state index contributed by atoms with van der Waals surface area (Å²) in [6.45, 7) is 2.04. The van der Waals surface area contributed by atoms with Crippen LogP contribution in [0.15, 0.2) is 58.7 Å². The van der Waals surface area contributed by atoms with Crippen molar-refractivity contribution in [2.45, 2.75) is 19.1 Å². The molecule has 2 rings (SSSR count). The molecule has 0 saturated carbocycles. The van der Waals surface area contributed by atoms with Gasteiger partial charge in [0.2, 0.25) is 0 Å². The van der Waals surface area contributed by atoms with E-state index in [0.717, 1.165) is 23.3 Å². The largest absolute Gasteiger partial charge is 0.377 e. The molecule has 116 valence electrons. The van der Waals surface area contributed by atoms with E-state index in [0.29, 0.717) is 10.7 Å². The zero-order chi connectivity index (χ0) is 16.5. The summed E-state index contributed by atoms with van der Waals surface area (Å²) >= 11 is 1.45. The van der Waals surface area contributed by atoms with Crippen LogP contribution in [0.5, 0.6) is 0 Å². The zero-order valence-corrected chi connectivity index (χ0v) is 13.8. The van der Waals surface area contributed by atoms with Gasteiger partial charge in [0.15, 0.2) is 5.17 Å². The predicted molar refractivity (Wildman–Crippen MR) is 97.5 cm³/mol. The average Bonchev–Trinajstić information content (AvgIpc) is 2.61. The minimum atomic E-state index is 0.428. The number of thioether (sulfide) groups is 1. The Labute approximate surface area is 140 Å². The molecule has 0 aliphatic rings. The number of benzene rings is 2. The second-order valence-electron chi connectivity index (χ2n) is 4.84. The number of aryl methyl sites for hydroxylation is 1. The summed E-state index contributed by atoms with van der Waals surface area (Å²) in [5.74, 6) is 0.767. The molecule has 0 spiro atoms. The summed E-state index contributed by atoms with van der Waals surface area (Å²) in [5, 5.41) is 17.4. The maximum absolute atomic E-state index is 8.93. The smallest absolute Gasteiger partial charge is 0.180 e. The highest BCUT2D eigenvalue weighted by Gasteiger charge is 2.00. The van der Waals surface area contributed by atoms with Crippen LogP contribution >= 0.6 is 11.8 Å². The third-order valence-electron chi connectivity index (χ3n) is 3.24. The molecule has 0 unspecified atom stereocenters. The van der Waals surface area contributed by atoms with Crippen molar-refractivity contribution in [3.63, 3.8) is 0 Å². The Balaban J connectivity index is 1.98. The molecule has 0 saturated heterocycles. The van der Waals surface area contributed by atoms with Gasteiger partial charge in [-0.05, 0) is 35.2 Å². The number of hydrogen-bond donors (Lipinski definition) is 1. The lowest BCUT2D eigenvalue weighted by molar-refractivity contribution is 1.13. The normalized spacial score (nSPS) is 11.6. The fraction of sp³-hybridized carbons (Fsp3) is 0.167. The average molecular weight is 322 g/mol. The van der Waals surface area contributed by atoms with Crippen LogP contribution in [0.4, 0.5) is 0 Å². The van der Waals surface area contributed by atoms with Gasteiger partial charge in [-0.15, -0.1) is 5.10 Å². The summed E-state index contributed by atoms with van der Waals surface area (Å²) in [6.07, 6.45) is 2.51. The van der Waals surface area contributed by atoms with Crippen LogP contribution in [-0.4, -0.2) is 11.4 Å². The lowest BCUT2D eigenvalue weighted by atomic mass is 10.0. The second-order valence-corrected chi connectivity index (χ2v) is 5.83. The van der Waals surface area contributed by atoms with E-state index in [-0.39, 0.29) is 0 Å². The van der Waals surface area contributed by atoms with Crippen molar-refractivity contribution in [3.8, 4) is 6.07 Å². The van der Waals surface area contributed by atoms with Gasteiger partial charge in [-0.2, -0.15) is 10.4 Å². The third kappa shape index (κ3) is 5.28. The first-order chi connectivity index (χ1) is 11.2. The molecule has 0 atom stereocenters. The Morgan fingerprint density at radius 2 is 2.04 bits per heavy atom. The summed E-state index contributed by atoms with van der Waals surface area (Å²) in [7, 11) is 0. The van der Waals surface area contributed by atoms with Gasteiger partial charge in [0.05, 0.1) is 17.8 Å². The Kier molecular flexibility index (Phi) is 6.40. The van der Waals surface area contributed by atoms with Crippen LogP contribution in [0, 0.1) is 11.3 Å². The second kappa shape index (κ2) is 8.76. The van der Waals surface area contributed by atoms with E-state index >= 15 is 0 Å². The molecule has 2 aromatic rings. The quantitative estimate of drug-likeness (QED) is 0.518. The SMILES string of the molecule is CCc1cc(C#N)ccc1C=NN=C(N)SCc1ccccc1. The van der Waals surface area contributed by atoms with Gasteiger partial charge in [-0.25, -0.2) is 0 Å². The summed E-state index contributed by atoms with van der Waals surface area (Å²) < 4.78 is 0. The van der Waals surface area contributed by atoms with E-state index in [1.807, 2.05) is 49.4 Å². The topological polar surface area (TPSA) is 74.5 Å². The molecule has 0 amide bonds. The van der Waals surface area contributed by atoms with Gasteiger partial charge in [0, 0.05) is 5.75 Å². The van der Waals surface area contributed by atoms with Crippen LogP contribution in [0.25, 0.3) is 0 Å². The van der Waals surface area contributed by atoms with Crippen molar-refractivity contribution in [3.05, 3.63) is 70.8 Å². The van der Waals surface area contributed by atoms with Gasteiger partial charge in [0.1, 0.15) is 0 Å². The Morgan fingerprint density at radius 1 is 1.26 bits per heavy atom. The minimum Gasteiger partial charge on any atom is -0.377 e. The standard InChI is InChI=1S/C18H18N4S/c1-2-16-10-15(11-19)8-9-17(16)12-21-22-18(20)23-13-14-6-4-3-5-7-14/h3-10,12H,2,13H2,1H3,(H2,20,22). The van der Waals surface area contributed by atoms with Crippen molar-refractivity contribution in [1.29, 1.82) is 5.26 Å². The molecule has 4 nitrogen and oxygen atoms in total. The van der Waals surface area contributed by atoms with E-state index in [1.165, 1.54) is 17.3 Å². The lowest BCUT2D eigenvalue weighted by Gasteiger charge is -2.02. The molecule has 5 heteroatoms. The van der Waals surface area contributed by atoms with Crippen molar-refractivity contribution in [1.82, 2.24) is 0 Å². The molecule has 0 bridgehead atoms.